The topological polar surface area (TPSA) is 0 Å². The Hall–Kier alpha value is -0.440. The van der Waals surface area contributed by atoms with Crippen molar-refractivity contribution in [1.82, 2.24) is 0 Å². The Labute approximate surface area is 67.3 Å². The van der Waals surface area contributed by atoms with Crippen molar-refractivity contribution in [3.05, 3.63) is 22.8 Å². The molecule has 0 bridgehead atoms. The maximum Gasteiger partial charge on any atom is 0.412 e. The Bertz CT molecular complexity index is 212. The van der Waals surface area contributed by atoms with E-state index < -0.39 is 11.7 Å². The molecule has 0 radical (unpaired) electrons. The standard InChI is InChI=1S/C7H6ClF3/c8-6-3-1-5(2-4-6)7(9,10)11/h1,4H,2-3H2. The second kappa shape index (κ2) is 2.89. The first kappa shape index (κ1) is 8.65. The van der Waals surface area contributed by atoms with Crippen LogP contribution in [0.2, 0.25) is 0 Å². The van der Waals surface area contributed by atoms with Gasteiger partial charge in [0.1, 0.15) is 0 Å². The molecular formula is C7H6ClF3. The van der Waals surface area contributed by atoms with Gasteiger partial charge in [0.05, 0.1) is 0 Å². The van der Waals surface area contributed by atoms with Crippen LogP contribution in [0.15, 0.2) is 22.8 Å². The quantitative estimate of drug-likeness (QED) is 0.504. The van der Waals surface area contributed by atoms with Crippen molar-refractivity contribution in [1.29, 1.82) is 0 Å². The van der Waals surface area contributed by atoms with Gasteiger partial charge in [0, 0.05) is 17.0 Å². The zero-order valence-corrected chi connectivity index (χ0v) is 6.34. The lowest BCUT2D eigenvalue weighted by Crippen LogP contribution is -2.12. The maximum atomic E-state index is 11.9. The highest BCUT2D eigenvalue weighted by atomic mass is 35.5. The van der Waals surface area contributed by atoms with Crippen LogP contribution in [0.5, 0.6) is 0 Å². The van der Waals surface area contributed by atoms with Gasteiger partial charge in [-0.3, -0.25) is 0 Å². The van der Waals surface area contributed by atoms with Crippen molar-refractivity contribution in [3.8, 4) is 0 Å². The Kier molecular flexibility index (Phi) is 2.28. The van der Waals surface area contributed by atoms with E-state index in [0.29, 0.717) is 5.03 Å². The average molecular weight is 183 g/mol. The normalized spacial score (nSPS) is 19.3. The molecule has 0 atom stereocenters. The van der Waals surface area contributed by atoms with E-state index in [1.54, 1.807) is 0 Å². The van der Waals surface area contributed by atoms with Crippen LogP contribution in [0, 0.1) is 0 Å². The van der Waals surface area contributed by atoms with Crippen molar-refractivity contribution >= 4 is 11.6 Å². The lowest BCUT2D eigenvalue weighted by atomic mass is 10.1. The van der Waals surface area contributed by atoms with Crippen LogP contribution in [0.4, 0.5) is 13.2 Å². The molecule has 0 saturated carbocycles. The van der Waals surface area contributed by atoms with Gasteiger partial charge in [-0.05, 0) is 6.42 Å². The van der Waals surface area contributed by atoms with Gasteiger partial charge in [-0.25, -0.2) is 0 Å². The van der Waals surface area contributed by atoms with Crippen LogP contribution in [0.25, 0.3) is 0 Å². The second-order valence-electron chi connectivity index (χ2n) is 2.29. The van der Waals surface area contributed by atoms with Crippen molar-refractivity contribution in [2.75, 3.05) is 0 Å². The fourth-order valence-corrected chi connectivity index (χ4v) is 0.994. The molecule has 11 heavy (non-hydrogen) atoms. The summed E-state index contributed by atoms with van der Waals surface area (Å²) in [4.78, 5) is 0. The number of halogens is 4. The molecule has 0 aromatic heterocycles. The summed E-state index contributed by atoms with van der Waals surface area (Å²) in [6, 6.07) is 0. The summed E-state index contributed by atoms with van der Waals surface area (Å²) >= 11 is 5.48. The van der Waals surface area contributed by atoms with E-state index in [2.05, 4.69) is 0 Å². The molecule has 0 heterocycles. The molecule has 0 amide bonds. The highest BCUT2D eigenvalue weighted by Crippen LogP contribution is 2.32. The van der Waals surface area contributed by atoms with E-state index in [0.717, 1.165) is 6.08 Å². The van der Waals surface area contributed by atoms with Gasteiger partial charge in [-0.2, -0.15) is 13.2 Å². The molecule has 1 rings (SSSR count). The van der Waals surface area contributed by atoms with Crippen LogP contribution in [-0.4, -0.2) is 6.18 Å². The second-order valence-corrected chi connectivity index (χ2v) is 2.77. The highest BCUT2D eigenvalue weighted by molar-refractivity contribution is 6.29. The van der Waals surface area contributed by atoms with Gasteiger partial charge < -0.3 is 0 Å². The molecule has 62 valence electrons. The SMILES string of the molecule is FC(F)(F)C1=CCC(Cl)=CC1. The van der Waals surface area contributed by atoms with Gasteiger partial charge in [0.15, 0.2) is 0 Å². The number of rotatable bonds is 0. The first-order valence-corrected chi connectivity index (χ1v) is 3.48. The Morgan fingerprint density at radius 2 is 1.82 bits per heavy atom. The lowest BCUT2D eigenvalue weighted by molar-refractivity contribution is -0.0933. The van der Waals surface area contributed by atoms with Crippen molar-refractivity contribution < 1.29 is 13.2 Å². The van der Waals surface area contributed by atoms with Gasteiger partial charge in [-0.1, -0.05) is 23.8 Å². The minimum Gasteiger partial charge on any atom is -0.166 e. The number of hydrogen-bond acceptors (Lipinski definition) is 0. The average Bonchev–Trinajstić information content (AvgIpc) is 1.86. The Balaban J connectivity index is 2.66. The van der Waals surface area contributed by atoms with Gasteiger partial charge >= 0.3 is 6.18 Å². The van der Waals surface area contributed by atoms with E-state index in [4.69, 9.17) is 11.6 Å². The third-order valence-corrected chi connectivity index (χ3v) is 1.76. The molecule has 0 aliphatic heterocycles. The van der Waals surface area contributed by atoms with Gasteiger partial charge in [-0.15, -0.1) is 0 Å². The van der Waals surface area contributed by atoms with Crippen LogP contribution in [-0.2, 0) is 0 Å². The van der Waals surface area contributed by atoms with E-state index >= 15 is 0 Å². The molecule has 0 saturated heterocycles. The van der Waals surface area contributed by atoms with Crippen LogP contribution >= 0.6 is 11.6 Å². The summed E-state index contributed by atoms with van der Waals surface area (Å²) in [6.07, 6.45) is -1.56. The van der Waals surface area contributed by atoms with Crippen LogP contribution in [0.1, 0.15) is 12.8 Å². The molecular weight excluding hydrogens is 177 g/mol. The van der Waals surface area contributed by atoms with Crippen molar-refractivity contribution in [3.63, 3.8) is 0 Å². The van der Waals surface area contributed by atoms with E-state index in [-0.39, 0.29) is 12.8 Å². The van der Waals surface area contributed by atoms with Crippen LogP contribution in [0.3, 0.4) is 0 Å². The monoisotopic (exact) mass is 182 g/mol. The fourth-order valence-electron chi connectivity index (χ4n) is 0.840. The minimum atomic E-state index is -4.19. The largest absolute Gasteiger partial charge is 0.412 e. The molecule has 0 fully saturated rings. The molecule has 1 aliphatic carbocycles. The first-order valence-electron chi connectivity index (χ1n) is 3.11. The molecule has 0 spiro atoms. The predicted octanol–water partition coefficient (Wildman–Crippen LogP) is 3.39. The predicted molar refractivity (Wildman–Crippen MR) is 37.3 cm³/mol. The zero-order valence-electron chi connectivity index (χ0n) is 5.58. The number of allylic oxidation sites excluding steroid dienone is 4. The van der Waals surface area contributed by atoms with E-state index in [1.807, 2.05) is 0 Å². The smallest absolute Gasteiger partial charge is 0.166 e. The van der Waals surface area contributed by atoms with E-state index in [9.17, 15) is 13.2 Å². The molecule has 0 nitrogen and oxygen atoms in total. The zero-order chi connectivity index (χ0) is 8.48. The number of alkyl halides is 3. The molecule has 4 heteroatoms. The van der Waals surface area contributed by atoms with E-state index in [1.165, 1.54) is 6.08 Å². The third-order valence-electron chi connectivity index (χ3n) is 1.45. The minimum absolute atomic E-state index is 0.0949. The summed E-state index contributed by atoms with van der Waals surface area (Å²) < 4.78 is 35.8. The summed E-state index contributed by atoms with van der Waals surface area (Å²) in [6.45, 7) is 0. The summed E-state index contributed by atoms with van der Waals surface area (Å²) in [7, 11) is 0. The summed E-state index contributed by atoms with van der Waals surface area (Å²) in [5.74, 6) is 0. The highest BCUT2D eigenvalue weighted by Gasteiger charge is 2.33. The third kappa shape index (κ3) is 2.26. The number of hydrogen-bond donors (Lipinski definition) is 0. The maximum absolute atomic E-state index is 11.9. The Morgan fingerprint density at radius 1 is 1.18 bits per heavy atom. The van der Waals surface area contributed by atoms with Crippen molar-refractivity contribution in [2.24, 2.45) is 0 Å². The Morgan fingerprint density at radius 3 is 2.18 bits per heavy atom. The van der Waals surface area contributed by atoms with Crippen LogP contribution < -0.4 is 0 Å². The van der Waals surface area contributed by atoms with Gasteiger partial charge in [0.25, 0.3) is 0 Å². The molecule has 0 aromatic rings. The molecule has 0 unspecified atom stereocenters. The summed E-state index contributed by atoms with van der Waals surface area (Å²) in [5, 5.41) is 0.484. The van der Waals surface area contributed by atoms with Crippen molar-refractivity contribution in [2.45, 2.75) is 19.0 Å². The molecule has 0 N–H and O–H groups in total. The lowest BCUT2D eigenvalue weighted by Gasteiger charge is -2.12. The first-order chi connectivity index (χ1) is 5.00. The van der Waals surface area contributed by atoms with Gasteiger partial charge in [0.2, 0.25) is 0 Å². The summed E-state index contributed by atoms with van der Waals surface area (Å²) in [5.41, 5.74) is -0.498. The fraction of sp³-hybridized carbons (Fsp3) is 0.429. The molecule has 1 aliphatic rings. The molecule has 0 aromatic carbocycles.